The lowest BCUT2D eigenvalue weighted by atomic mass is 10.0. The largest absolute Gasteiger partial charge is 0.361 e. The van der Waals surface area contributed by atoms with Gasteiger partial charge in [0.1, 0.15) is 30.2 Å². The van der Waals surface area contributed by atoms with Gasteiger partial charge in [-0.1, -0.05) is 75.2 Å². The molecular formula is C42H55N7O6S. The molecule has 2 aliphatic heterocycles. The van der Waals surface area contributed by atoms with E-state index in [1.807, 2.05) is 80.9 Å². The van der Waals surface area contributed by atoms with Crippen LogP contribution in [0.2, 0.25) is 0 Å². The zero-order chi connectivity index (χ0) is 40.0. The third-order valence-electron chi connectivity index (χ3n) is 10.1. The molecule has 300 valence electrons. The van der Waals surface area contributed by atoms with E-state index in [2.05, 4.69) is 31.6 Å². The van der Waals surface area contributed by atoms with Crippen LogP contribution in [-0.2, 0) is 41.6 Å². The zero-order valence-corrected chi connectivity index (χ0v) is 33.3. The van der Waals surface area contributed by atoms with E-state index in [4.69, 9.17) is 0 Å². The number of carbonyl (C=O) groups excluding carboxylic acids is 6. The van der Waals surface area contributed by atoms with E-state index in [0.29, 0.717) is 38.0 Å². The zero-order valence-electron chi connectivity index (χ0n) is 32.5. The van der Waals surface area contributed by atoms with Gasteiger partial charge >= 0.3 is 0 Å². The Hall–Kier alpha value is -5.11. The van der Waals surface area contributed by atoms with Gasteiger partial charge in [0.2, 0.25) is 29.5 Å². The van der Waals surface area contributed by atoms with Gasteiger partial charge in [0.25, 0.3) is 5.91 Å². The topological polar surface area (TPSA) is 182 Å². The van der Waals surface area contributed by atoms with E-state index in [1.165, 1.54) is 17.2 Å². The highest BCUT2D eigenvalue weighted by Crippen LogP contribution is 2.21. The van der Waals surface area contributed by atoms with Crippen LogP contribution < -0.4 is 26.6 Å². The number of nitrogens with one attached hydrogen (secondary N) is 6. The second-order valence-corrected chi connectivity index (χ2v) is 15.9. The van der Waals surface area contributed by atoms with Crippen molar-refractivity contribution in [2.75, 3.05) is 18.6 Å². The summed E-state index contributed by atoms with van der Waals surface area (Å²) in [6, 6.07) is 12.0. The molecule has 0 radical (unpaired) electrons. The van der Waals surface area contributed by atoms with Gasteiger partial charge in [0, 0.05) is 49.1 Å². The number of amides is 6. The van der Waals surface area contributed by atoms with Crippen LogP contribution in [0.5, 0.6) is 0 Å². The summed E-state index contributed by atoms with van der Waals surface area (Å²) in [5.74, 6) is -1.97. The summed E-state index contributed by atoms with van der Waals surface area (Å²) in [6.45, 7) is 4.31. The second-order valence-electron chi connectivity index (χ2n) is 15.0. The fraction of sp³-hybridized carbons (Fsp3) is 0.476. The number of fused-ring (bicyclic) bond motifs is 3. The predicted molar refractivity (Wildman–Crippen MR) is 218 cm³/mol. The van der Waals surface area contributed by atoms with Crippen LogP contribution in [0, 0.1) is 5.92 Å². The number of hydrogen-bond donors (Lipinski definition) is 6. The molecule has 5 atom stereocenters. The monoisotopic (exact) mass is 785 g/mol. The lowest BCUT2D eigenvalue weighted by molar-refractivity contribution is -0.140. The molecule has 2 aliphatic rings. The Bertz CT molecular complexity index is 1860. The summed E-state index contributed by atoms with van der Waals surface area (Å²) < 4.78 is 0. The van der Waals surface area contributed by atoms with Gasteiger partial charge in [-0.3, -0.25) is 28.8 Å². The summed E-state index contributed by atoms with van der Waals surface area (Å²) in [7, 11) is 0. The molecule has 3 aromatic rings. The molecule has 1 fully saturated rings. The van der Waals surface area contributed by atoms with Gasteiger partial charge in [-0.05, 0) is 66.9 Å². The number of thioether (sulfide) groups is 1. The summed E-state index contributed by atoms with van der Waals surface area (Å²) in [5.41, 5.74) is 2.51. The summed E-state index contributed by atoms with van der Waals surface area (Å²) in [4.78, 5) is 87.3. The van der Waals surface area contributed by atoms with Crippen molar-refractivity contribution < 1.29 is 28.8 Å². The van der Waals surface area contributed by atoms with Crippen LogP contribution in [0.15, 0.2) is 73.1 Å². The Labute approximate surface area is 332 Å². The molecule has 0 aliphatic carbocycles. The minimum atomic E-state index is -1.10. The summed E-state index contributed by atoms with van der Waals surface area (Å²) in [6.07, 6.45) is 10.8. The molecule has 0 spiro atoms. The molecule has 5 rings (SSSR count). The number of hydrogen-bond acceptors (Lipinski definition) is 7. The molecule has 1 unspecified atom stereocenters. The Kier molecular flexibility index (Phi) is 15.5. The molecule has 3 heterocycles. The maximum Gasteiger partial charge on any atom is 0.253 e. The lowest BCUT2D eigenvalue weighted by Gasteiger charge is -2.30. The fourth-order valence-electron chi connectivity index (χ4n) is 7.11. The van der Waals surface area contributed by atoms with Crippen molar-refractivity contribution in [2.45, 2.75) is 102 Å². The standard InChI is InChI=1S/C42H55N7O6S/c1-27(2)23-36-41(54)46-32(19-22-56-3)38(51)43-20-12-5-4-9-17-37(50)45-35(25-29-26-44-31-16-11-10-15-30(29)31)40(53)48-34(24-28-13-7-6-8-14-28)39(52)47-33-18-21-49(36)42(33)55/h6-8,10-11,13-16,18,21,26-27,32-36,44H,4-5,9,12,17,19-20,22-25H2,1-3H3,(H,43,51)(H,45,50)(H,46,54)(H,47,52)(H,48,53)/t32-,33?,34-,35-,36-/m0/s1. The van der Waals surface area contributed by atoms with Crippen LogP contribution in [0.1, 0.15) is 69.9 Å². The first-order chi connectivity index (χ1) is 27.0. The third kappa shape index (κ3) is 11.7. The molecule has 2 aromatic carbocycles. The number of aromatic nitrogens is 1. The quantitative estimate of drug-likeness (QED) is 0.192. The Morgan fingerprint density at radius 2 is 1.45 bits per heavy atom. The number of rotatable bonds is 9. The van der Waals surface area contributed by atoms with E-state index in [1.54, 1.807) is 11.8 Å². The number of H-pyrrole nitrogens is 1. The van der Waals surface area contributed by atoms with Crippen LogP contribution in [0.25, 0.3) is 10.9 Å². The van der Waals surface area contributed by atoms with Crippen LogP contribution in [-0.4, -0.2) is 94.1 Å². The molecular weight excluding hydrogens is 731 g/mol. The molecule has 13 nitrogen and oxygen atoms in total. The first-order valence-corrected chi connectivity index (χ1v) is 21.0. The maximum absolute atomic E-state index is 14.2. The van der Waals surface area contributed by atoms with Gasteiger partial charge in [0.05, 0.1) is 0 Å². The van der Waals surface area contributed by atoms with Gasteiger partial charge in [-0.25, -0.2) is 0 Å². The Balaban J connectivity index is 1.43. The molecule has 56 heavy (non-hydrogen) atoms. The van der Waals surface area contributed by atoms with E-state index in [9.17, 15) is 28.8 Å². The number of nitrogens with zero attached hydrogens (tertiary/aromatic N) is 1. The van der Waals surface area contributed by atoms with Crippen molar-refractivity contribution in [3.63, 3.8) is 0 Å². The number of para-hydroxylation sites is 1. The van der Waals surface area contributed by atoms with Crippen LogP contribution in [0.4, 0.5) is 0 Å². The van der Waals surface area contributed by atoms with Crippen molar-refractivity contribution in [1.82, 2.24) is 36.5 Å². The summed E-state index contributed by atoms with van der Waals surface area (Å²) in [5, 5.41) is 15.4. The average Bonchev–Trinajstić information content (AvgIpc) is 3.76. The molecule has 0 saturated carbocycles. The van der Waals surface area contributed by atoms with Gasteiger partial charge in [-0.15, -0.1) is 0 Å². The van der Waals surface area contributed by atoms with Crippen molar-refractivity contribution >= 4 is 58.1 Å². The van der Waals surface area contributed by atoms with Gasteiger partial charge in [0.15, 0.2) is 0 Å². The normalized spacial score (nSPS) is 23.7. The SMILES string of the molecule is CSCC[C@@H]1NC(=O)[C@H](CC(C)C)N2C=CC(NC(=O)[C@H](Cc3ccccc3)NC(=O)[C@H](Cc3c[nH]c4ccccc34)NC(=O)CCCCCCNC1=O)C2=O. The van der Waals surface area contributed by atoms with E-state index in [-0.39, 0.29) is 37.0 Å². The second kappa shape index (κ2) is 20.7. The highest BCUT2D eigenvalue weighted by atomic mass is 32.2. The minimum Gasteiger partial charge on any atom is -0.361 e. The van der Waals surface area contributed by atoms with Crippen LogP contribution in [0.3, 0.4) is 0 Å². The predicted octanol–water partition coefficient (Wildman–Crippen LogP) is 3.50. The highest BCUT2D eigenvalue weighted by molar-refractivity contribution is 7.98. The fourth-order valence-corrected chi connectivity index (χ4v) is 7.58. The van der Waals surface area contributed by atoms with E-state index in [0.717, 1.165) is 34.9 Å². The van der Waals surface area contributed by atoms with Gasteiger partial charge in [-0.2, -0.15) is 11.8 Å². The number of carbonyl (C=O) groups is 6. The Morgan fingerprint density at radius 1 is 0.750 bits per heavy atom. The minimum absolute atomic E-state index is 0.0323. The first-order valence-electron chi connectivity index (χ1n) is 19.6. The number of aromatic amines is 1. The first kappa shape index (κ1) is 42.0. The molecule has 1 saturated heterocycles. The van der Waals surface area contributed by atoms with Gasteiger partial charge < -0.3 is 36.5 Å². The molecule has 1 aromatic heterocycles. The molecule has 6 N–H and O–H groups in total. The van der Waals surface area contributed by atoms with Crippen molar-refractivity contribution in [1.29, 1.82) is 0 Å². The molecule has 6 amide bonds. The van der Waals surface area contributed by atoms with Crippen molar-refractivity contribution in [2.24, 2.45) is 5.92 Å². The smallest absolute Gasteiger partial charge is 0.253 e. The highest BCUT2D eigenvalue weighted by Gasteiger charge is 2.39. The summed E-state index contributed by atoms with van der Waals surface area (Å²) >= 11 is 1.57. The molecule has 14 heteroatoms. The van der Waals surface area contributed by atoms with Crippen LogP contribution >= 0.6 is 11.8 Å². The van der Waals surface area contributed by atoms with E-state index >= 15 is 0 Å². The number of benzene rings is 2. The molecule has 2 bridgehead atoms. The average molecular weight is 786 g/mol. The maximum atomic E-state index is 14.2. The van der Waals surface area contributed by atoms with Crippen molar-refractivity contribution in [3.05, 3.63) is 84.2 Å². The lowest BCUT2D eigenvalue weighted by Crippen LogP contribution is -2.58. The third-order valence-corrected chi connectivity index (χ3v) is 10.8. The van der Waals surface area contributed by atoms with E-state index < -0.39 is 53.8 Å². The van der Waals surface area contributed by atoms with Crippen molar-refractivity contribution in [3.8, 4) is 0 Å². The Morgan fingerprint density at radius 3 is 2.21 bits per heavy atom.